The first-order chi connectivity index (χ1) is 9.63. The Hall–Kier alpha value is -1.46. The van der Waals surface area contributed by atoms with Gasteiger partial charge in [0, 0.05) is 32.0 Å². The molecule has 5 heteroatoms. The summed E-state index contributed by atoms with van der Waals surface area (Å²) < 4.78 is 10.8. The number of carboxylic acid groups (broad SMARTS) is 1. The molecule has 1 aliphatic heterocycles. The first kappa shape index (κ1) is 14.9. The highest BCUT2D eigenvalue weighted by Crippen LogP contribution is 2.31. The van der Waals surface area contributed by atoms with Crippen LogP contribution in [0, 0.1) is 5.92 Å². The normalized spacial score (nSPS) is 25.4. The third-order valence-corrected chi connectivity index (χ3v) is 3.67. The number of methoxy groups -OCH3 is 1. The maximum Gasteiger partial charge on any atom is 0.354 e. The van der Waals surface area contributed by atoms with Gasteiger partial charge in [-0.05, 0) is 37.8 Å². The first-order valence-corrected chi connectivity index (χ1v) is 6.95. The van der Waals surface area contributed by atoms with Crippen LogP contribution in [-0.4, -0.2) is 43.2 Å². The Bertz CT molecular complexity index is 464. The summed E-state index contributed by atoms with van der Waals surface area (Å²) in [7, 11) is 1.66. The summed E-state index contributed by atoms with van der Waals surface area (Å²) in [6, 6.07) is 0. The molecule has 20 heavy (non-hydrogen) atoms. The monoisotopic (exact) mass is 279 g/mol. The average Bonchev–Trinajstić information content (AvgIpc) is 2.44. The molecule has 0 fully saturated rings. The molecule has 0 spiro atoms. The van der Waals surface area contributed by atoms with Crippen molar-refractivity contribution in [3.8, 4) is 0 Å². The zero-order chi connectivity index (χ0) is 14.5. The molecule has 1 heterocycles. The number of ether oxygens (including phenoxy) is 2. The second-order valence-corrected chi connectivity index (χ2v) is 5.11. The molecule has 1 N–H and O–H groups in total. The molecule has 110 valence electrons. The molecule has 0 aromatic heterocycles. The lowest BCUT2D eigenvalue weighted by Gasteiger charge is -2.32. The standard InChI is InChI=1S/C15H21NO4/c1-10-5-3-6-11-13(20-8-4-7-19-2)9-12(15(17)18)16-14(10)11/h5,9,11,13H,3-4,6-8H2,1-2H3,(H,17,18). The van der Waals surface area contributed by atoms with E-state index in [1.165, 1.54) is 0 Å². The van der Waals surface area contributed by atoms with Crippen molar-refractivity contribution in [1.82, 2.24) is 0 Å². The number of allylic oxidation sites excluding steroid dienone is 2. The number of carboxylic acids is 1. The zero-order valence-corrected chi connectivity index (χ0v) is 12.0. The SMILES string of the molecule is COCCCOC1C=C(C(=O)O)N=C2C(C)=CCCC21. The van der Waals surface area contributed by atoms with E-state index in [-0.39, 0.29) is 17.7 Å². The van der Waals surface area contributed by atoms with Gasteiger partial charge >= 0.3 is 5.97 Å². The Balaban J connectivity index is 2.12. The van der Waals surface area contributed by atoms with Crippen molar-refractivity contribution in [3.05, 3.63) is 23.4 Å². The highest BCUT2D eigenvalue weighted by molar-refractivity contribution is 6.06. The van der Waals surface area contributed by atoms with Crippen LogP contribution in [0.1, 0.15) is 26.2 Å². The quantitative estimate of drug-likeness (QED) is 0.757. The van der Waals surface area contributed by atoms with E-state index in [2.05, 4.69) is 11.1 Å². The average molecular weight is 279 g/mol. The molecule has 0 aromatic rings. The van der Waals surface area contributed by atoms with Gasteiger partial charge in [-0.1, -0.05) is 6.08 Å². The lowest BCUT2D eigenvalue weighted by atomic mass is 9.81. The van der Waals surface area contributed by atoms with E-state index in [9.17, 15) is 9.90 Å². The van der Waals surface area contributed by atoms with Crippen LogP contribution in [0.4, 0.5) is 0 Å². The van der Waals surface area contributed by atoms with E-state index >= 15 is 0 Å². The maximum absolute atomic E-state index is 11.2. The first-order valence-electron chi connectivity index (χ1n) is 6.95. The molecular formula is C15H21NO4. The van der Waals surface area contributed by atoms with Crippen LogP contribution in [0.25, 0.3) is 0 Å². The third-order valence-electron chi connectivity index (χ3n) is 3.67. The molecule has 0 saturated heterocycles. The summed E-state index contributed by atoms with van der Waals surface area (Å²) in [5.41, 5.74) is 2.02. The number of nitrogens with zero attached hydrogens (tertiary/aromatic N) is 1. The van der Waals surface area contributed by atoms with Gasteiger partial charge in [0.25, 0.3) is 0 Å². The van der Waals surface area contributed by atoms with Crippen LogP contribution < -0.4 is 0 Å². The van der Waals surface area contributed by atoms with Gasteiger partial charge in [-0.2, -0.15) is 0 Å². The van der Waals surface area contributed by atoms with Crippen molar-refractivity contribution in [2.24, 2.45) is 10.9 Å². The lowest BCUT2D eigenvalue weighted by Crippen LogP contribution is -2.36. The molecule has 5 nitrogen and oxygen atoms in total. The van der Waals surface area contributed by atoms with E-state index in [0.29, 0.717) is 13.2 Å². The molecule has 0 bridgehead atoms. The van der Waals surface area contributed by atoms with Crippen molar-refractivity contribution in [2.75, 3.05) is 20.3 Å². The minimum absolute atomic E-state index is 0.0858. The van der Waals surface area contributed by atoms with E-state index in [1.807, 2.05) is 6.92 Å². The topological polar surface area (TPSA) is 68.1 Å². The second kappa shape index (κ2) is 6.81. The Morgan fingerprint density at radius 2 is 2.30 bits per heavy atom. The number of rotatable bonds is 6. The number of aliphatic imine (C=N–C) groups is 1. The molecule has 2 rings (SSSR count). The Morgan fingerprint density at radius 3 is 3.00 bits per heavy atom. The van der Waals surface area contributed by atoms with Crippen molar-refractivity contribution < 1.29 is 19.4 Å². The number of hydrogen-bond acceptors (Lipinski definition) is 4. The van der Waals surface area contributed by atoms with E-state index < -0.39 is 5.97 Å². The number of fused-ring (bicyclic) bond motifs is 1. The van der Waals surface area contributed by atoms with Crippen LogP contribution >= 0.6 is 0 Å². The fraction of sp³-hybridized carbons (Fsp3) is 0.600. The Labute approximate surface area is 119 Å². The van der Waals surface area contributed by atoms with Gasteiger partial charge in [0.2, 0.25) is 0 Å². The summed E-state index contributed by atoms with van der Waals surface area (Å²) >= 11 is 0. The van der Waals surface area contributed by atoms with Crippen LogP contribution in [0.3, 0.4) is 0 Å². The summed E-state index contributed by atoms with van der Waals surface area (Å²) in [4.78, 5) is 15.5. The summed E-state index contributed by atoms with van der Waals surface area (Å²) in [5.74, 6) is -0.828. The fourth-order valence-corrected chi connectivity index (χ4v) is 2.65. The highest BCUT2D eigenvalue weighted by Gasteiger charge is 2.33. The summed E-state index contributed by atoms with van der Waals surface area (Å²) in [6.07, 6.45) is 6.30. The van der Waals surface area contributed by atoms with E-state index in [1.54, 1.807) is 13.2 Å². The van der Waals surface area contributed by atoms with E-state index in [4.69, 9.17) is 9.47 Å². The fourth-order valence-electron chi connectivity index (χ4n) is 2.65. The molecule has 0 amide bonds. The molecule has 0 radical (unpaired) electrons. The predicted octanol–water partition coefficient (Wildman–Crippen LogP) is 2.19. The van der Waals surface area contributed by atoms with Gasteiger partial charge in [-0.15, -0.1) is 0 Å². The van der Waals surface area contributed by atoms with Crippen LogP contribution in [0.5, 0.6) is 0 Å². The molecule has 2 aliphatic rings. The van der Waals surface area contributed by atoms with Crippen molar-refractivity contribution in [3.63, 3.8) is 0 Å². The van der Waals surface area contributed by atoms with Gasteiger partial charge in [-0.25, -0.2) is 9.79 Å². The Kier molecular flexibility index (Phi) is 5.09. The Morgan fingerprint density at radius 1 is 1.50 bits per heavy atom. The summed E-state index contributed by atoms with van der Waals surface area (Å²) in [5, 5.41) is 9.17. The van der Waals surface area contributed by atoms with Crippen molar-refractivity contribution in [1.29, 1.82) is 0 Å². The second-order valence-electron chi connectivity index (χ2n) is 5.11. The molecule has 0 saturated carbocycles. The van der Waals surface area contributed by atoms with E-state index in [0.717, 1.165) is 30.5 Å². The van der Waals surface area contributed by atoms with Crippen LogP contribution in [0.2, 0.25) is 0 Å². The van der Waals surface area contributed by atoms with Crippen LogP contribution in [-0.2, 0) is 14.3 Å². The van der Waals surface area contributed by atoms with Crippen molar-refractivity contribution >= 4 is 11.7 Å². The number of carbonyl (C=O) groups is 1. The molecule has 2 atom stereocenters. The van der Waals surface area contributed by atoms with Gasteiger partial charge < -0.3 is 14.6 Å². The highest BCUT2D eigenvalue weighted by atomic mass is 16.5. The molecular weight excluding hydrogens is 258 g/mol. The molecule has 2 unspecified atom stereocenters. The van der Waals surface area contributed by atoms with Gasteiger partial charge in [0.15, 0.2) is 0 Å². The minimum Gasteiger partial charge on any atom is -0.477 e. The zero-order valence-electron chi connectivity index (χ0n) is 12.0. The van der Waals surface area contributed by atoms with Gasteiger partial charge in [0.05, 0.1) is 6.10 Å². The smallest absolute Gasteiger partial charge is 0.354 e. The number of hydrogen-bond donors (Lipinski definition) is 1. The maximum atomic E-state index is 11.2. The number of aliphatic carboxylic acids is 1. The largest absolute Gasteiger partial charge is 0.477 e. The summed E-state index contributed by atoms with van der Waals surface area (Å²) in [6.45, 7) is 3.19. The third kappa shape index (κ3) is 3.35. The molecule has 1 aliphatic carbocycles. The predicted molar refractivity (Wildman–Crippen MR) is 75.9 cm³/mol. The lowest BCUT2D eigenvalue weighted by molar-refractivity contribution is -0.132. The molecule has 0 aromatic carbocycles. The van der Waals surface area contributed by atoms with Crippen LogP contribution in [0.15, 0.2) is 28.4 Å². The van der Waals surface area contributed by atoms with Gasteiger partial charge in [-0.3, -0.25) is 0 Å². The van der Waals surface area contributed by atoms with Gasteiger partial charge in [0.1, 0.15) is 5.70 Å². The van der Waals surface area contributed by atoms with Crippen molar-refractivity contribution in [2.45, 2.75) is 32.3 Å². The minimum atomic E-state index is -1.00.